The summed E-state index contributed by atoms with van der Waals surface area (Å²) in [5, 5.41) is 7.06. The zero-order chi connectivity index (χ0) is 7.84. The monoisotopic (exact) mass is 166 g/mol. The molecule has 0 amide bonds. The summed E-state index contributed by atoms with van der Waals surface area (Å²) in [6, 6.07) is 0.410. The van der Waals surface area contributed by atoms with E-state index in [9.17, 15) is 0 Å². The van der Waals surface area contributed by atoms with Crippen molar-refractivity contribution in [3.8, 4) is 0 Å². The molecule has 1 unspecified atom stereocenters. The van der Waals surface area contributed by atoms with Crippen LogP contribution in [0.3, 0.4) is 0 Å². The highest BCUT2D eigenvalue weighted by Crippen LogP contribution is 2.19. The minimum atomic E-state index is 0.410. The van der Waals surface area contributed by atoms with Gasteiger partial charge in [0.25, 0.3) is 0 Å². The molecular formula is C8H10N2S. The van der Waals surface area contributed by atoms with Gasteiger partial charge in [-0.1, -0.05) is 11.6 Å². The van der Waals surface area contributed by atoms with Crippen LogP contribution in [0.15, 0.2) is 23.4 Å². The lowest BCUT2D eigenvalue weighted by Crippen LogP contribution is -2.26. The lowest BCUT2D eigenvalue weighted by Gasteiger charge is -2.14. The molecule has 1 fully saturated rings. The van der Waals surface area contributed by atoms with Gasteiger partial charge in [-0.15, -0.1) is 0 Å². The van der Waals surface area contributed by atoms with Crippen molar-refractivity contribution < 1.29 is 0 Å². The van der Waals surface area contributed by atoms with Gasteiger partial charge >= 0.3 is 0 Å². The average molecular weight is 166 g/mol. The second kappa shape index (κ2) is 2.34. The van der Waals surface area contributed by atoms with E-state index in [1.165, 1.54) is 11.3 Å². The lowest BCUT2D eigenvalue weighted by molar-refractivity contribution is 0.704. The Hall–Kier alpha value is -0.830. The van der Waals surface area contributed by atoms with Crippen LogP contribution < -0.4 is 10.6 Å². The van der Waals surface area contributed by atoms with Crippen molar-refractivity contribution in [2.24, 2.45) is 0 Å². The number of allylic oxidation sites excluding steroid dienone is 2. The maximum absolute atomic E-state index is 4.99. The molecule has 11 heavy (non-hydrogen) atoms. The Labute approximate surface area is 71.4 Å². The van der Waals surface area contributed by atoms with E-state index in [-0.39, 0.29) is 0 Å². The van der Waals surface area contributed by atoms with Gasteiger partial charge in [-0.05, 0) is 31.6 Å². The molecule has 1 heterocycles. The van der Waals surface area contributed by atoms with Crippen LogP contribution in [0, 0.1) is 0 Å². The van der Waals surface area contributed by atoms with Crippen LogP contribution >= 0.6 is 12.2 Å². The van der Waals surface area contributed by atoms with Gasteiger partial charge in [0, 0.05) is 5.70 Å². The largest absolute Gasteiger partial charge is 0.354 e. The molecule has 58 valence electrons. The highest BCUT2D eigenvalue weighted by Gasteiger charge is 2.24. The second-order valence-electron chi connectivity index (χ2n) is 2.99. The number of nitrogens with one attached hydrogen (secondary N) is 2. The molecule has 0 aromatic heterocycles. The van der Waals surface area contributed by atoms with E-state index >= 15 is 0 Å². The van der Waals surface area contributed by atoms with Crippen LogP contribution in [0.2, 0.25) is 0 Å². The number of hydrogen-bond acceptors (Lipinski definition) is 1. The fourth-order valence-corrected chi connectivity index (χ4v) is 1.69. The van der Waals surface area contributed by atoms with Crippen molar-refractivity contribution >= 4 is 17.3 Å². The van der Waals surface area contributed by atoms with E-state index < -0.39 is 0 Å². The molecule has 0 spiro atoms. The maximum atomic E-state index is 4.99. The molecule has 2 nitrogen and oxygen atoms in total. The zero-order valence-corrected chi connectivity index (χ0v) is 7.16. The molecule has 3 heteroatoms. The van der Waals surface area contributed by atoms with Crippen LogP contribution in [0.1, 0.15) is 13.3 Å². The molecule has 0 aromatic carbocycles. The normalized spacial score (nSPS) is 28.1. The predicted octanol–water partition coefficient (Wildman–Crippen LogP) is 1.07. The smallest absolute Gasteiger partial charge is 0.171 e. The van der Waals surface area contributed by atoms with Crippen molar-refractivity contribution in [2.75, 3.05) is 0 Å². The number of rotatable bonds is 0. The van der Waals surface area contributed by atoms with Gasteiger partial charge in [0.05, 0.1) is 6.04 Å². The van der Waals surface area contributed by atoms with Gasteiger partial charge in [0.1, 0.15) is 0 Å². The second-order valence-corrected chi connectivity index (χ2v) is 3.40. The first-order valence-electron chi connectivity index (χ1n) is 3.70. The van der Waals surface area contributed by atoms with Gasteiger partial charge < -0.3 is 10.6 Å². The first-order valence-corrected chi connectivity index (χ1v) is 4.11. The Bertz CT molecular complexity index is 265. The Morgan fingerprint density at radius 3 is 3.18 bits per heavy atom. The van der Waals surface area contributed by atoms with Crippen molar-refractivity contribution in [1.82, 2.24) is 10.6 Å². The summed E-state index contributed by atoms with van der Waals surface area (Å²) in [4.78, 5) is 0. The molecule has 2 aliphatic rings. The lowest BCUT2D eigenvalue weighted by atomic mass is 10.0. The number of thiocarbonyl (C=S) groups is 1. The predicted molar refractivity (Wildman–Crippen MR) is 49.1 cm³/mol. The molecular weight excluding hydrogens is 156 g/mol. The molecule has 1 saturated heterocycles. The molecule has 0 aromatic rings. The third kappa shape index (κ3) is 1.16. The fraction of sp³-hybridized carbons (Fsp3) is 0.375. The summed E-state index contributed by atoms with van der Waals surface area (Å²) >= 11 is 4.99. The van der Waals surface area contributed by atoms with Gasteiger partial charge in [-0.2, -0.15) is 0 Å². The summed E-state index contributed by atoms with van der Waals surface area (Å²) in [5.41, 5.74) is 2.61. The molecule has 2 N–H and O–H groups in total. The van der Waals surface area contributed by atoms with Crippen LogP contribution in [0.5, 0.6) is 0 Å². The van der Waals surface area contributed by atoms with E-state index in [4.69, 9.17) is 12.2 Å². The van der Waals surface area contributed by atoms with E-state index in [0.29, 0.717) is 6.04 Å². The quantitative estimate of drug-likeness (QED) is 0.526. The van der Waals surface area contributed by atoms with Gasteiger partial charge in [-0.3, -0.25) is 0 Å². The van der Waals surface area contributed by atoms with Gasteiger partial charge in [0.15, 0.2) is 5.11 Å². The Morgan fingerprint density at radius 1 is 1.55 bits per heavy atom. The Morgan fingerprint density at radius 2 is 2.36 bits per heavy atom. The molecule has 0 bridgehead atoms. The summed E-state index contributed by atoms with van der Waals surface area (Å²) in [5.74, 6) is 0. The molecule has 1 aliphatic carbocycles. The van der Waals surface area contributed by atoms with Gasteiger partial charge in [0.2, 0.25) is 0 Å². The highest BCUT2D eigenvalue weighted by molar-refractivity contribution is 7.80. The fourth-order valence-electron chi connectivity index (χ4n) is 1.43. The van der Waals surface area contributed by atoms with Crippen LogP contribution in [-0.2, 0) is 0 Å². The van der Waals surface area contributed by atoms with Crippen LogP contribution in [0.4, 0.5) is 0 Å². The topological polar surface area (TPSA) is 24.1 Å². The van der Waals surface area contributed by atoms with Gasteiger partial charge in [-0.25, -0.2) is 0 Å². The molecule has 1 aliphatic heterocycles. The maximum Gasteiger partial charge on any atom is 0.171 e. The third-order valence-corrected chi connectivity index (χ3v) is 2.23. The summed E-state index contributed by atoms with van der Waals surface area (Å²) < 4.78 is 0. The summed E-state index contributed by atoms with van der Waals surface area (Å²) in [6.07, 6.45) is 5.29. The van der Waals surface area contributed by atoms with Crippen molar-refractivity contribution in [2.45, 2.75) is 19.4 Å². The first kappa shape index (κ1) is 6.85. The van der Waals surface area contributed by atoms with E-state index in [1.54, 1.807) is 0 Å². The Balaban J connectivity index is 2.25. The SMILES string of the molecule is CC1=CC=C2NC(=S)NC2C1. The first-order chi connectivity index (χ1) is 5.25. The number of hydrogen-bond donors (Lipinski definition) is 2. The summed E-state index contributed by atoms with van der Waals surface area (Å²) in [7, 11) is 0. The van der Waals surface area contributed by atoms with Crippen molar-refractivity contribution in [1.29, 1.82) is 0 Å². The molecule has 0 saturated carbocycles. The third-order valence-electron chi connectivity index (χ3n) is 2.01. The van der Waals surface area contributed by atoms with E-state index in [2.05, 4.69) is 29.7 Å². The Kier molecular flexibility index (Phi) is 1.46. The minimum Gasteiger partial charge on any atom is -0.354 e. The average Bonchev–Trinajstić information content (AvgIpc) is 2.27. The van der Waals surface area contributed by atoms with E-state index in [1.807, 2.05) is 0 Å². The zero-order valence-electron chi connectivity index (χ0n) is 6.35. The molecule has 1 atom stereocenters. The molecule has 2 rings (SSSR count). The highest BCUT2D eigenvalue weighted by atomic mass is 32.1. The number of fused-ring (bicyclic) bond motifs is 1. The van der Waals surface area contributed by atoms with Crippen LogP contribution in [-0.4, -0.2) is 11.2 Å². The summed E-state index contributed by atoms with van der Waals surface area (Å²) in [6.45, 7) is 2.14. The minimum absolute atomic E-state index is 0.410. The van der Waals surface area contributed by atoms with E-state index in [0.717, 1.165) is 11.5 Å². The van der Waals surface area contributed by atoms with Crippen LogP contribution in [0.25, 0.3) is 0 Å². The van der Waals surface area contributed by atoms with Crippen molar-refractivity contribution in [3.63, 3.8) is 0 Å². The standard InChI is InChI=1S/C8H10N2S/c1-5-2-3-6-7(4-5)10-8(11)9-6/h2-3,7H,4H2,1H3,(H2,9,10,11). The van der Waals surface area contributed by atoms with Crippen molar-refractivity contribution in [3.05, 3.63) is 23.4 Å². The molecule has 0 radical (unpaired) electrons.